The van der Waals surface area contributed by atoms with Gasteiger partial charge < -0.3 is 5.11 Å². The Morgan fingerprint density at radius 2 is 2.17 bits per heavy atom. The summed E-state index contributed by atoms with van der Waals surface area (Å²) in [5.41, 5.74) is 0.875. The third kappa shape index (κ3) is 0.852. The summed E-state index contributed by atoms with van der Waals surface area (Å²) in [5.74, 6) is 0.0168. The van der Waals surface area contributed by atoms with Crippen LogP contribution in [-0.4, -0.2) is 15.3 Å². The van der Waals surface area contributed by atoms with Crippen molar-refractivity contribution in [2.75, 3.05) is 0 Å². The zero-order valence-corrected chi connectivity index (χ0v) is 6.18. The van der Waals surface area contributed by atoms with Crippen LogP contribution in [0.1, 0.15) is 0 Å². The second-order valence-electron chi connectivity index (χ2n) is 2.42. The number of aromatic nitrogens is 2. The smallest absolute Gasteiger partial charge is 0.323 e. The molecule has 0 fully saturated rings. The van der Waals surface area contributed by atoms with E-state index >= 15 is 0 Å². The molecular formula is C8H7N2O2+. The Labute approximate surface area is 68.3 Å². The molecule has 0 aliphatic rings. The van der Waals surface area contributed by atoms with Crippen molar-refractivity contribution in [2.45, 2.75) is 0 Å². The molecule has 0 spiro atoms. The number of hydrogen-bond donors (Lipinski definition) is 2. The first-order valence-electron chi connectivity index (χ1n) is 3.46. The number of rotatable bonds is 0. The maximum Gasteiger partial charge on any atom is 0.323 e. The molecule has 4 heteroatoms. The summed E-state index contributed by atoms with van der Waals surface area (Å²) in [5, 5.41) is 18.6. The van der Waals surface area contributed by atoms with Gasteiger partial charge >= 0.3 is 5.52 Å². The first kappa shape index (κ1) is 6.84. The lowest BCUT2D eigenvalue weighted by molar-refractivity contribution is -0.884. The van der Waals surface area contributed by atoms with Crippen molar-refractivity contribution in [3.63, 3.8) is 0 Å². The van der Waals surface area contributed by atoms with Gasteiger partial charge in [-0.1, -0.05) is 0 Å². The minimum absolute atomic E-state index is 0.0168. The van der Waals surface area contributed by atoms with Gasteiger partial charge in [0.2, 0.25) is 6.20 Å². The molecule has 2 rings (SSSR count). The second-order valence-corrected chi connectivity index (χ2v) is 2.42. The Morgan fingerprint density at radius 3 is 2.92 bits per heavy atom. The van der Waals surface area contributed by atoms with Crippen LogP contribution in [0.15, 0.2) is 30.6 Å². The molecule has 0 bridgehead atoms. The quantitative estimate of drug-likeness (QED) is 0.438. The van der Waals surface area contributed by atoms with Gasteiger partial charge in [-0.25, -0.2) is 4.98 Å². The summed E-state index contributed by atoms with van der Waals surface area (Å²) >= 11 is 0. The Balaban J connectivity index is 2.96. The van der Waals surface area contributed by atoms with Gasteiger partial charge in [-0.3, -0.25) is 5.21 Å². The predicted molar refractivity (Wildman–Crippen MR) is 40.8 cm³/mol. The van der Waals surface area contributed by atoms with Crippen molar-refractivity contribution in [1.29, 1.82) is 0 Å². The topological polar surface area (TPSA) is 57.2 Å². The summed E-state index contributed by atoms with van der Waals surface area (Å²) < 4.78 is 0.845. The average molecular weight is 163 g/mol. The molecular weight excluding hydrogens is 156 g/mol. The van der Waals surface area contributed by atoms with Crippen molar-refractivity contribution >= 4 is 11.0 Å². The lowest BCUT2D eigenvalue weighted by atomic mass is 10.3. The van der Waals surface area contributed by atoms with Crippen LogP contribution in [0.5, 0.6) is 5.75 Å². The third-order valence-corrected chi connectivity index (χ3v) is 1.64. The van der Waals surface area contributed by atoms with Crippen LogP contribution >= 0.6 is 0 Å². The molecule has 0 unspecified atom stereocenters. The van der Waals surface area contributed by atoms with Crippen molar-refractivity contribution < 1.29 is 15.0 Å². The van der Waals surface area contributed by atoms with Crippen LogP contribution in [0.4, 0.5) is 0 Å². The minimum Gasteiger partial charge on any atom is -0.502 e. The van der Waals surface area contributed by atoms with Gasteiger partial charge in [0.05, 0.1) is 0 Å². The van der Waals surface area contributed by atoms with Crippen molar-refractivity contribution in [3.8, 4) is 5.75 Å². The molecule has 2 aromatic heterocycles. The fraction of sp³-hybridized carbons (Fsp3) is 0. The highest BCUT2D eigenvalue weighted by Crippen LogP contribution is 2.16. The van der Waals surface area contributed by atoms with E-state index in [0.29, 0.717) is 11.0 Å². The van der Waals surface area contributed by atoms with E-state index in [2.05, 4.69) is 4.98 Å². The van der Waals surface area contributed by atoms with E-state index in [1.165, 1.54) is 18.5 Å². The van der Waals surface area contributed by atoms with Crippen LogP contribution in [0.3, 0.4) is 0 Å². The molecule has 0 saturated heterocycles. The Bertz CT molecular complexity index is 392. The van der Waals surface area contributed by atoms with Gasteiger partial charge in [0.25, 0.3) is 0 Å². The predicted octanol–water partition coefficient (Wildman–Crippen LogP) is 0.465. The minimum atomic E-state index is 0.0168. The molecule has 0 aliphatic heterocycles. The average Bonchev–Trinajstić information content (AvgIpc) is 2.04. The molecule has 2 aromatic rings. The summed E-state index contributed by atoms with van der Waals surface area (Å²) in [4.78, 5) is 3.96. The number of nitrogens with zero attached hydrogens (tertiary/aromatic N) is 2. The molecule has 12 heavy (non-hydrogen) atoms. The fourth-order valence-corrected chi connectivity index (χ4v) is 1.11. The monoisotopic (exact) mass is 163 g/mol. The molecule has 2 N–H and O–H groups in total. The summed E-state index contributed by atoms with van der Waals surface area (Å²) in [6.45, 7) is 0. The first-order chi connectivity index (χ1) is 5.79. The number of hydrogen-bond acceptors (Lipinski definition) is 3. The normalized spacial score (nSPS) is 10.3. The van der Waals surface area contributed by atoms with E-state index in [0.717, 1.165) is 4.73 Å². The largest absolute Gasteiger partial charge is 0.502 e. The number of aromatic hydroxyl groups is 1. The van der Waals surface area contributed by atoms with Gasteiger partial charge in [-0.05, 0) is 6.07 Å². The SMILES string of the molecule is Oc1ccnc2ccc[n+](O)c12. The number of fused-ring (bicyclic) bond motifs is 1. The van der Waals surface area contributed by atoms with E-state index in [9.17, 15) is 10.3 Å². The maximum absolute atomic E-state index is 9.33. The summed E-state index contributed by atoms with van der Waals surface area (Å²) in [6, 6.07) is 4.78. The summed E-state index contributed by atoms with van der Waals surface area (Å²) in [6.07, 6.45) is 2.92. The molecule has 60 valence electrons. The van der Waals surface area contributed by atoms with Crippen LogP contribution in [0.25, 0.3) is 11.0 Å². The highest BCUT2D eigenvalue weighted by molar-refractivity contribution is 5.76. The van der Waals surface area contributed by atoms with E-state index in [-0.39, 0.29) is 5.75 Å². The Hall–Kier alpha value is -1.84. The number of pyridine rings is 2. The molecule has 2 heterocycles. The van der Waals surface area contributed by atoms with Crippen LogP contribution < -0.4 is 4.73 Å². The van der Waals surface area contributed by atoms with E-state index in [4.69, 9.17) is 0 Å². The van der Waals surface area contributed by atoms with Gasteiger partial charge in [0.15, 0.2) is 5.75 Å². The second kappa shape index (κ2) is 2.34. The van der Waals surface area contributed by atoms with Gasteiger partial charge in [-0.2, -0.15) is 0 Å². The zero-order chi connectivity index (χ0) is 8.55. The maximum atomic E-state index is 9.33. The van der Waals surface area contributed by atoms with Crippen molar-refractivity contribution in [3.05, 3.63) is 30.6 Å². The molecule has 0 amide bonds. The molecule has 0 radical (unpaired) electrons. The van der Waals surface area contributed by atoms with Crippen LogP contribution in [0.2, 0.25) is 0 Å². The molecule has 4 nitrogen and oxygen atoms in total. The lowest BCUT2D eigenvalue weighted by Gasteiger charge is -1.93. The molecule has 0 saturated carbocycles. The standard InChI is InChI=1S/C8H6N2O2/c11-7-3-4-9-6-2-1-5-10(12)8(6)7/h1-5H,(H-,9,11,12)/p+1. The zero-order valence-electron chi connectivity index (χ0n) is 6.18. The summed E-state index contributed by atoms with van der Waals surface area (Å²) in [7, 11) is 0. The fourth-order valence-electron chi connectivity index (χ4n) is 1.11. The van der Waals surface area contributed by atoms with Crippen LogP contribution in [0, 0.1) is 0 Å². The van der Waals surface area contributed by atoms with Crippen molar-refractivity contribution in [1.82, 2.24) is 4.98 Å². The third-order valence-electron chi connectivity index (χ3n) is 1.64. The Morgan fingerprint density at radius 1 is 1.33 bits per heavy atom. The van der Waals surface area contributed by atoms with Crippen LogP contribution in [-0.2, 0) is 0 Å². The molecule has 0 aromatic carbocycles. The van der Waals surface area contributed by atoms with E-state index in [1.54, 1.807) is 12.1 Å². The van der Waals surface area contributed by atoms with Gasteiger partial charge in [-0.15, -0.1) is 0 Å². The van der Waals surface area contributed by atoms with Gasteiger partial charge in [0.1, 0.15) is 5.52 Å². The lowest BCUT2D eigenvalue weighted by Crippen LogP contribution is -2.30. The van der Waals surface area contributed by atoms with E-state index in [1.807, 2.05) is 0 Å². The Kier molecular flexibility index (Phi) is 1.33. The van der Waals surface area contributed by atoms with E-state index < -0.39 is 0 Å². The molecule has 0 atom stereocenters. The highest BCUT2D eigenvalue weighted by Gasteiger charge is 2.12. The van der Waals surface area contributed by atoms with Gasteiger partial charge in [0, 0.05) is 23.1 Å². The van der Waals surface area contributed by atoms with Crippen molar-refractivity contribution in [2.24, 2.45) is 0 Å². The highest BCUT2D eigenvalue weighted by atomic mass is 16.5. The molecule has 0 aliphatic carbocycles. The first-order valence-corrected chi connectivity index (χ1v) is 3.46.